The maximum absolute atomic E-state index is 15.8. The van der Waals surface area contributed by atoms with E-state index in [-0.39, 0.29) is 21.7 Å². The number of rotatable bonds is 9. The Morgan fingerprint density at radius 2 is 0.916 bits per heavy atom. The first-order chi connectivity index (χ1) is 39.5. The highest BCUT2D eigenvalue weighted by molar-refractivity contribution is 6.09. The van der Waals surface area contributed by atoms with Crippen LogP contribution in [-0.2, 0) is 21.7 Å². The number of hydrogen-bond acceptors (Lipinski definition) is 4. The van der Waals surface area contributed by atoms with Crippen LogP contribution in [0.2, 0.25) is 0 Å². The van der Waals surface area contributed by atoms with E-state index in [1.54, 1.807) is 0 Å². The predicted octanol–water partition coefficient (Wildman–Crippen LogP) is 21.4. The van der Waals surface area contributed by atoms with Crippen molar-refractivity contribution in [3.05, 3.63) is 240 Å². The van der Waals surface area contributed by atoms with Crippen molar-refractivity contribution in [2.75, 3.05) is 16.5 Å². The van der Waals surface area contributed by atoms with Crippen LogP contribution in [0.4, 0.5) is 31.5 Å². The molecule has 0 amide bonds. The number of anilines is 4. The molecule has 0 fully saturated rings. The number of nitrogens with zero attached hydrogens (tertiary/aromatic N) is 4. The minimum atomic E-state index is -0.631. The number of aromatic nitrogens is 2. The molecule has 3 heterocycles. The molecule has 0 atom stereocenters. The molecular weight excluding hydrogens is 1020 g/mol. The molecule has 0 saturated heterocycles. The summed E-state index contributed by atoms with van der Waals surface area (Å²) in [5, 5.41) is 2.24. The molecule has 1 aliphatic rings. The largest absolute Gasteiger partial charge is 0.457 e. The highest BCUT2D eigenvalue weighted by atomic mass is 19.1. The lowest BCUT2D eigenvalue weighted by molar-refractivity contribution is 0.483. The molecular formula is C76H72F2N4O. The molecule has 9 aromatic carbocycles. The fourth-order valence-electron chi connectivity index (χ4n) is 11.7. The number of benzene rings is 9. The fraction of sp³-hybridized carbons (Fsp3) is 0.224. The van der Waals surface area contributed by atoms with Gasteiger partial charge in [-0.25, -0.2) is 13.8 Å². The van der Waals surface area contributed by atoms with Gasteiger partial charge >= 0.3 is 0 Å². The highest BCUT2D eigenvalue weighted by Gasteiger charge is 2.34. The molecule has 11 aromatic rings. The summed E-state index contributed by atoms with van der Waals surface area (Å²) in [6.07, 6.45) is 1.91. The third kappa shape index (κ3) is 10.6. The first-order valence-corrected chi connectivity index (χ1v) is 28.9. The van der Waals surface area contributed by atoms with Crippen molar-refractivity contribution in [1.29, 1.82) is 0 Å². The molecule has 0 bridgehead atoms. The molecule has 12 rings (SSSR count). The van der Waals surface area contributed by atoms with E-state index in [0.717, 1.165) is 101 Å². The molecule has 0 saturated carbocycles. The van der Waals surface area contributed by atoms with Crippen LogP contribution < -0.4 is 14.5 Å². The summed E-state index contributed by atoms with van der Waals surface area (Å²) in [4.78, 5) is 9.65. The number of fused-ring (bicyclic) bond motifs is 4. The van der Waals surface area contributed by atoms with E-state index in [4.69, 9.17) is 9.72 Å². The molecule has 416 valence electrons. The molecule has 5 nitrogen and oxygen atoms in total. The van der Waals surface area contributed by atoms with Crippen molar-refractivity contribution < 1.29 is 13.5 Å². The van der Waals surface area contributed by atoms with Gasteiger partial charge in [-0.15, -0.1) is 0 Å². The van der Waals surface area contributed by atoms with Gasteiger partial charge in [-0.1, -0.05) is 186 Å². The zero-order valence-electron chi connectivity index (χ0n) is 49.8. The van der Waals surface area contributed by atoms with Crippen molar-refractivity contribution >= 4 is 44.6 Å². The van der Waals surface area contributed by atoms with Gasteiger partial charge < -0.3 is 14.5 Å². The van der Waals surface area contributed by atoms with Crippen molar-refractivity contribution in [3.63, 3.8) is 0 Å². The van der Waals surface area contributed by atoms with Crippen molar-refractivity contribution in [1.82, 2.24) is 9.55 Å². The van der Waals surface area contributed by atoms with E-state index in [2.05, 4.69) is 273 Å². The summed E-state index contributed by atoms with van der Waals surface area (Å²) in [7, 11) is 0. The van der Waals surface area contributed by atoms with Crippen LogP contribution in [0.15, 0.2) is 206 Å². The SMILES string of the molecule is CC(C)(C)c1cc(-c2cc(C(C)(C)C)cc(-c3cc(F)cc(F)c3)c2N2CN(c3cc(Oc4ccc5c6ccccc6n(-c6cc(C(C)(C)C)ccn6)c5c4)cc(-c4ccccc4-c4ccccc4)c3)c3ccccc32)cc(C(C)(C)C)c1. The van der Waals surface area contributed by atoms with Gasteiger partial charge in [0.1, 0.15) is 35.6 Å². The maximum atomic E-state index is 15.8. The van der Waals surface area contributed by atoms with Crippen LogP contribution in [0.3, 0.4) is 0 Å². The third-order valence-electron chi connectivity index (χ3n) is 16.4. The Bertz CT molecular complexity index is 4250. The smallest absolute Gasteiger partial charge is 0.137 e. The van der Waals surface area contributed by atoms with Crippen LogP contribution in [0, 0.1) is 11.6 Å². The lowest BCUT2D eigenvalue weighted by atomic mass is 9.77. The number of pyridine rings is 1. The Hall–Kier alpha value is -8.81. The van der Waals surface area contributed by atoms with Crippen LogP contribution in [0.25, 0.3) is 72.1 Å². The minimum absolute atomic E-state index is 0.0736. The van der Waals surface area contributed by atoms with E-state index < -0.39 is 11.6 Å². The van der Waals surface area contributed by atoms with Crippen LogP contribution in [0.1, 0.15) is 105 Å². The predicted molar refractivity (Wildman–Crippen MR) is 344 cm³/mol. The lowest BCUT2D eigenvalue weighted by Crippen LogP contribution is -2.25. The van der Waals surface area contributed by atoms with E-state index in [0.29, 0.717) is 23.7 Å². The van der Waals surface area contributed by atoms with E-state index in [1.165, 1.54) is 28.8 Å². The Kier molecular flexibility index (Phi) is 13.6. The second-order valence-corrected chi connectivity index (χ2v) is 26.5. The molecule has 0 aliphatic carbocycles. The first-order valence-electron chi connectivity index (χ1n) is 28.9. The quantitative estimate of drug-likeness (QED) is 0.144. The van der Waals surface area contributed by atoms with E-state index in [9.17, 15) is 0 Å². The van der Waals surface area contributed by atoms with Crippen molar-refractivity contribution in [3.8, 4) is 61.8 Å². The molecule has 83 heavy (non-hydrogen) atoms. The van der Waals surface area contributed by atoms with Gasteiger partial charge in [0.15, 0.2) is 0 Å². The molecule has 0 radical (unpaired) electrons. The fourth-order valence-corrected chi connectivity index (χ4v) is 11.7. The summed E-state index contributed by atoms with van der Waals surface area (Å²) in [5.74, 6) is 0.923. The third-order valence-corrected chi connectivity index (χ3v) is 16.4. The van der Waals surface area contributed by atoms with E-state index in [1.807, 2.05) is 12.3 Å². The van der Waals surface area contributed by atoms with Gasteiger partial charge in [0.05, 0.1) is 28.1 Å². The van der Waals surface area contributed by atoms with Gasteiger partial charge in [0.25, 0.3) is 0 Å². The minimum Gasteiger partial charge on any atom is -0.457 e. The summed E-state index contributed by atoms with van der Waals surface area (Å²) in [5.41, 5.74) is 17.1. The zero-order valence-corrected chi connectivity index (χ0v) is 49.8. The summed E-state index contributed by atoms with van der Waals surface area (Å²) in [6, 6.07) is 68.6. The number of hydrogen-bond donors (Lipinski definition) is 0. The van der Waals surface area contributed by atoms with Gasteiger partial charge in [-0.05, 0) is 156 Å². The summed E-state index contributed by atoms with van der Waals surface area (Å²) < 4.78 is 41.0. The van der Waals surface area contributed by atoms with Gasteiger partial charge in [-0.2, -0.15) is 0 Å². The maximum Gasteiger partial charge on any atom is 0.137 e. The Labute approximate surface area is 488 Å². The normalized spacial score (nSPS) is 13.1. The van der Waals surface area contributed by atoms with Gasteiger partial charge in [-0.3, -0.25) is 4.57 Å². The van der Waals surface area contributed by atoms with Crippen LogP contribution in [0.5, 0.6) is 11.5 Å². The monoisotopic (exact) mass is 1090 g/mol. The Balaban J connectivity index is 1.07. The van der Waals surface area contributed by atoms with E-state index >= 15 is 8.78 Å². The second kappa shape index (κ2) is 20.6. The molecule has 0 spiro atoms. The number of ether oxygens (including phenoxy) is 1. The Morgan fingerprint density at radius 1 is 0.386 bits per heavy atom. The first kappa shape index (κ1) is 54.8. The van der Waals surface area contributed by atoms with Crippen LogP contribution >= 0.6 is 0 Å². The standard InChI is InChI=1S/C76H72F2N4O/c1-73(2,3)52-32-33-79-71(43-52)82-67-27-19-18-26-63(67)64-31-30-59(46-70(64)82)83-60-39-51(62-25-17-16-24-61(62)48-22-14-13-15-23-48)38-58(45-60)80-47-81(69-29-21-20-28-68(69)80)72-65(49-34-53(74(4,5)6)40-54(35-49)75(7,8)9)41-55(76(10,11)12)42-66(72)50-36-56(77)44-57(78)37-50/h13-46H,47H2,1-12H3. The topological polar surface area (TPSA) is 33.5 Å². The summed E-state index contributed by atoms with van der Waals surface area (Å²) >= 11 is 0. The number of halogens is 2. The second-order valence-electron chi connectivity index (χ2n) is 26.5. The molecule has 7 heteroatoms. The lowest BCUT2D eigenvalue weighted by Gasteiger charge is -2.32. The zero-order chi connectivity index (χ0) is 58.3. The molecule has 0 unspecified atom stereocenters. The Morgan fingerprint density at radius 3 is 1.55 bits per heavy atom. The molecule has 0 N–H and O–H groups in total. The van der Waals surface area contributed by atoms with Gasteiger partial charge in [0, 0.05) is 52.0 Å². The summed E-state index contributed by atoms with van der Waals surface area (Å²) in [6.45, 7) is 27.2. The average molecular weight is 1100 g/mol. The molecule has 2 aromatic heterocycles. The molecule has 1 aliphatic heterocycles. The van der Waals surface area contributed by atoms with Crippen molar-refractivity contribution in [2.24, 2.45) is 0 Å². The highest BCUT2D eigenvalue weighted by Crippen LogP contribution is 2.53. The van der Waals surface area contributed by atoms with Crippen LogP contribution in [-0.4, -0.2) is 16.2 Å². The average Bonchev–Trinajstić information content (AvgIpc) is 2.10. The van der Waals surface area contributed by atoms with Gasteiger partial charge in [0.2, 0.25) is 0 Å². The van der Waals surface area contributed by atoms with Crippen molar-refractivity contribution in [2.45, 2.75) is 105 Å². The number of para-hydroxylation sites is 3.